The molecule has 1 N–H and O–H groups in total. The van der Waals surface area contributed by atoms with Gasteiger partial charge in [0.2, 0.25) is 5.91 Å². The molecule has 11 nitrogen and oxygen atoms in total. The van der Waals surface area contributed by atoms with Crippen molar-refractivity contribution in [2.24, 2.45) is 0 Å². The molecule has 0 bridgehead atoms. The Morgan fingerprint density at radius 1 is 0.944 bits per heavy atom. The number of carbonyl (C=O) groups excluding carboxylic acids is 5. The van der Waals surface area contributed by atoms with Crippen molar-refractivity contribution in [1.29, 1.82) is 0 Å². The quantitative estimate of drug-likeness (QED) is 0.292. The van der Waals surface area contributed by atoms with Gasteiger partial charge in [-0.15, -0.1) is 0 Å². The van der Waals surface area contributed by atoms with Gasteiger partial charge in [0.05, 0.1) is 12.5 Å². The summed E-state index contributed by atoms with van der Waals surface area (Å²) >= 11 is 0. The van der Waals surface area contributed by atoms with E-state index in [1.165, 1.54) is 12.2 Å². The minimum absolute atomic E-state index is 0.00667. The SMILES string of the molecule is O=C(CCCN1C(=O)C=CC1=O)NC(CCC(=O)OCC1CCC=CO1)C(=O)OCC1CCC=CO1. The Hall–Kier alpha value is -3.63. The van der Waals surface area contributed by atoms with Crippen LogP contribution in [0.3, 0.4) is 0 Å². The van der Waals surface area contributed by atoms with E-state index in [1.807, 2.05) is 12.2 Å². The van der Waals surface area contributed by atoms with Crippen LogP contribution in [-0.4, -0.2) is 72.6 Å². The molecular formula is C25H32N2O9. The van der Waals surface area contributed by atoms with E-state index < -0.39 is 35.7 Å². The lowest BCUT2D eigenvalue weighted by molar-refractivity contribution is -0.152. The van der Waals surface area contributed by atoms with Gasteiger partial charge in [-0.05, 0) is 50.7 Å². The normalized spacial score (nSPS) is 21.5. The predicted octanol–water partition coefficient (Wildman–Crippen LogP) is 1.43. The molecule has 0 aromatic carbocycles. The zero-order chi connectivity index (χ0) is 25.8. The topological polar surface area (TPSA) is 138 Å². The second kappa shape index (κ2) is 14.1. The van der Waals surface area contributed by atoms with Crippen LogP contribution in [0.25, 0.3) is 0 Å². The van der Waals surface area contributed by atoms with E-state index in [0.717, 1.165) is 24.2 Å². The number of hydrogen-bond acceptors (Lipinski definition) is 9. The predicted molar refractivity (Wildman–Crippen MR) is 125 cm³/mol. The van der Waals surface area contributed by atoms with Crippen molar-refractivity contribution in [3.05, 3.63) is 36.8 Å². The zero-order valence-electron chi connectivity index (χ0n) is 20.1. The van der Waals surface area contributed by atoms with Crippen molar-refractivity contribution in [2.75, 3.05) is 19.8 Å². The summed E-state index contributed by atoms with van der Waals surface area (Å²) in [4.78, 5) is 61.7. The van der Waals surface area contributed by atoms with Gasteiger partial charge >= 0.3 is 11.9 Å². The molecule has 0 aliphatic carbocycles. The minimum atomic E-state index is -1.06. The Labute approximate surface area is 209 Å². The van der Waals surface area contributed by atoms with Gasteiger partial charge < -0.3 is 24.3 Å². The molecule has 11 heteroatoms. The van der Waals surface area contributed by atoms with Crippen LogP contribution < -0.4 is 5.32 Å². The van der Waals surface area contributed by atoms with Crippen molar-refractivity contribution in [1.82, 2.24) is 10.2 Å². The largest absolute Gasteiger partial charge is 0.495 e. The maximum Gasteiger partial charge on any atom is 0.328 e. The summed E-state index contributed by atoms with van der Waals surface area (Å²) in [5, 5.41) is 2.60. The molecule has 0 aromatic rings. The average Bonchev–Trinajstić information content (AvgIpc) is 3.22. The third kappa shape index (κ3) is 8.86. The van der Waals surface area contributed by atoms with Crippen LogP contribution in [-0.2, 0) is 42.9 Å². The molecule has 3 unspecified atom stereocenters. The average molecular weight is 505 g/mol. The summed E-state index contributed by atoms with van der Waals surface area (Å²) < 4.78 is 21.4. The summed E-state index contributed by atoms with van der Waals surface area (Å²) in [5.41, 5.74) is 0. The number of hydrogen-bond donors (Lipinski definition) is 1. The second-order valence-electron chi connectivity index (χ2n) is 8.65. The molecule has 3 rings (SSSR count). The number of amides is 3. The number of nitrogens with one attached hydrogen (secondary N) is 1. The van der Waals surface area contributed by atoms with Gasteiger partial charge in [0.25, 0.3) is 11.8 Å². The fourth-order valence-electron chi connectivity index (χ4n) is 3.78. The number of carbonyl (C=O) groups is 5. The van der Waals surface area contributed by atoms with Crippen molar-refractivity contribution in [3.8, 4) is 0 Å². The molecular weight excluding hydrogens is 472 g/mol. The molecule has 196 valence electrons. The summed E-state index contributed by atoms with van der Waals surface area (Å²) in [5.74, 6) is -2.50. The lowest BCUT2D eigenvalue weighted by Crippen LogP contribution is -2.43. The summed E-state index contributed by atoms with van der Waals surface area (Å²) in [6, 6.07) is -1.06. The molecule has 0 aromatic heterocycles. The van der Waals surface area contributed by atoms with Crippen LogP contribution in [0.4, 0.5) is 0 Å². The highest BCUT2D eigenvalue weighted by atomic mass is 16.6. The molecule has 3 aliphatic heterocycles. The molecule has 0 radical (unpaired) electrons. The summed E-state index contributed by atoms with van der Waals surface area (Å²) in [6.07, 6.45) is 12.0. The Bertz CT molecular complexity index is 893. The molecule has 0 fully saturated rings. The van der Waals surface area contributed by atoms with E-state index in [-0.39, 0.29) is 57.6 Å². The van der Waals surface area contributed by atoms with Gasteiger partial charge in [-0.1, -0.05) is 0 Å². The van der Waals surface area contributed by atoms with Crippen molar-refractivity contribution in [3.63, 3.8) is 0 Å². The van der Waals surface area contributed by atoms with Crippen molar-refractivity contribution >= 4 is 29.7 Å². The molecule has 3 aliphatic rings. The number of ether oxygens (including phenoxy) is 4. The zero-order valence-corrected chi connectivity index (χ0v) is 20.1. The monoisotopic (exact) mass is 504 g/mol. The molecule has 0 saturated heterocycles. The van der Waals surface area contributed by atoms with E-state index in [9.17, 15) is 24.0 Å². The van der Waals surface area contributed by atoms with Crippen molar-refractivity contribution in [2.45, 2.75) is 69.6 Å². The summed E-state index contributed by atoms with van der Waals surface area (Å²) in [6.45, 7) is 0.225. The second-order valence-corrected chi connectivity index (χ2v) is 8.65. The van der Waals surface area contributed by atoms with Crippen molar-refractivity contribution < 1.29 is 42.9 Å². The number of rotatable bonds is 13. The maximum absolute atomic E-state index is 12.7. The van der Waals surface area contributed by atoms with Gasteiger partial charge in [0.1, 0.15) is 31.5 Å². The standard InChI is InChI=1S/C25H32N2O9/c28-21(8-5-13-27-22(29)10-11-23(27)30)26-20(25(32)36-17-19-7-2-4-15-34-19)9-12-24(31)35-16-18-6-1-3-14-33-18/h3-4,10-11,14-15,18-20H,1-2,5-9,12-13,16-17H2,(H,26,28). The van der Waals surface area contributed by atoms with Crippen LogP contribution in [0.5, 0.6) is 0 Å². The van der Waals surface area contributed by atoms with E-state index in [4.69, 9.17) is 18.9 Å². The minimum Gasteiger partial charge on any atom is -0.495 e. The Balaban J connectivity index is 1.45. The lowest BCUT2D eigenvalue weighted by atomic mass is 10.1. The van der Waals surface area contributed by atoms with Gasteiger partial charge in [-0.2, -0.15) is 0 Å². The first-order valence-corrected chi connectivity index (χ1v) is 12.2. The lowest BCUT2D eigenvalue weighted by Gasteiger charge is -2.22. The molecule has 36 heavy (non-hydrogen) atoms. The first-order valence-electron chi connectivity index (χ1n) is 12.2. The smallest absolute Gasteiger partial charge is 0.328 e. The van der Waals surface area contributed by atoms with Gasteiger partial charge in [-0.25, -0.2) is 4.79 Å². The number of esters is 2. The van der Waals surface area contributed by atoms with Crippen LogP contribution >= 0.6 is 0 Å². The van der Waals surface area contributed by atoms with Gasteiger partial charge in [0, 0.05) is 31.5 Å². The molecule has 3 atom stereocenters. The van der Waals surface area contributed by atoms with Gasteiger partial charge in [-0.3, -0.25) is 24.1 Å². The molecule has 3 heterocycles. The number of imide groups is 1. The van der Waals surface area contributed by atoms with Crippen LogP contribution in [0.1, 0.15) is 51.4 Å². The summed E-state index contributed by atoms with van der Waals surface area (Å²) in [7, 11) is 0. The molecule has 0 spiro atoms. The van der Waals surface area contributed by atoms with E-state index in [0.29, 0.717) is 6.42 Å². The molecule has 3 amide bonds. The highest BCUT2D eigenvalue weighted by Crippen LogP contribution is 2.13. The van der Waals surface area contributed by atoms with Crippen LogP contribution in [0.2, 0.25) is 0 Å². The highest BCUT2D eigenvalue weighted by molar-refractivity contribution is 6.12. The third-order valence-electron chi connectivity index (χ3n) is 5.83. The van der Waals surface area contributed by atoms with Gasteiger partial charge in [0.15, 0.2) is 0 Å². The number of nitrogens with zero attached hydrogens (tertiary/aromatic N) is 1. The third-order valence-corrected chi connectivity index (χ3v) is 5.83. The molecule has 0 saturated carbocycles. The van der Waals surface area contributed by atoms with E-state index in [1.54, 1.807) is 12.5 Å². The van der Waals surface area contributed by atoms with Crippen LogP contribution in [0, 0.1) is 0 Å². The first kappa shape index (κ1) is 27.0. The Morgan fingerprint density at radius 3 is 2.14 bits per heavy atom. The first-order chi connectivity index (χ1) is 17.4. The van der Waals surface area contributed by atoms with E-state index >= 15 is 0 Å². The Morgan fingerprint density at radius 2 is 1.56 bits per heavy atom. The Kier molecular flexibility index (Phi) is 10.5. The van der Waals surface area contributed by atoms with E-state index in [2.05, 4.69) is 5.32 Å². The van der Waals surface area contributed by atoms with Crippen LogP contribution in [0.15, 0.2) is 36.8 Å². The highest BCUT2D eigenvalue weighted by Gasteiger charge is 2.27. The fraction of sp³-hybridized carbons (Fsp3) is 0.560. The number of allylic oxidation sites excluding steroid dienone is 2. The fourth-order valence-corrected chi connectivity index (χ4v) is 3.78. The maximum atomic E-state index is 12.7.